The predicted octanol–water partition coefficient (Wildman–Crippen LogP) is 0.136. The third-order valence-electron chi connectivity index (χ3n) is 1.05. The Morgan fingerprint density at radius 1 is 1.22 bits per heavy atom. The Labute approximate surface area is 51.3 Å². The lowest BCUT2D eigenvalue weighted by Crippen LogP contribution is -1.99. The van der Waals surface area contributed by atoms with E-state index in [1.165, 1.54) is 0 Å². The van der Waals surface area contributed by atoms with Crippen LogP contribution in [0.5, 0.6) is 0 Å². The number of carbonyl (C=O) groups excluding carboxylic acids is 2. The van der Waals surface area contributed by atoms with Crippen LogP contribution in [0.4, 0.5) is 0 Å². The lowest BCUT2D eigenvalue weighted by Gasteiger charge is -1.84. The molecule has 0 aromatic heterocycles. The summed E-state index contributed by atoms with van der Waals surface area (Å²) in [5.41, 5.74) is -0.157. The van der Waals surface area contributed by atoms with Gasteiger partial charge in [-0.2, -0.15) is 0 Å². The molecule has 1 rings (SSSR count). The van der Waals surface area contributed by atoms with Crippen LogP contribution in [0.25, 0.3) is 0 Å². The average Bonchev–Trinajstić information content (AvgIpc) is 2.12. The molecule has 0 aromatic carbocycles. The van der Waals surface area contributed by atoms with Gasteiger partial charge < -0.3 is 5.11 Å². The number of aliphatic hydroxyl groups excluding tert-OH is 1. The Morgan fingerprint density at radius 2 is 1.67 bits per heavy atom. The minimum atomic E-state index is -0.428. The molecule has 0 fully saturated rings. The van der Waals surface area contributed by atoms with Crippen molar-refractivity contribution in [2.24, 2.45) is 0 Å². The van der Waals surface area contributed by atoms with E-state index in [1.807, 2.05) is 0 Å². The van der Waals surface area contributed by atoms with Gasteiger partial charge in [-0.25, -0.2) is 0 Å². The van der Waals surface area contributed by atoms with Crippen LogP contribution >= 0.6 is 0 Å². The second kappa shape index (κ2) is 1.85. The van der Waals surface area contributed by atoms with Crippen molar-refractivity contribution < 1.29 is 14.7 Å². The lowest BCUT2D eigenvalue weighted by atomic mass is 10.2. The van der Waals surface area contributed by atoms with Gasteiger partial charge in [-0.15, -0.1) is 0 Å². The molecule has 0 aromatic rings. The number of aliphatic hydroxyl groups is 1. The molecule has 0 atom stereocenters. The summed E-state index contributed by atoms with van der Waals surface area (Å²) < 4.78 is 0. The first kappa shape index (κ1) is 5.75. The molecule has 0 spiro atoms. The quantitative estimate of drug-likeness (QED) is 0.284. The van der Waals surface area contributed by atoms with E-state index in [0.29, 0.717) is 6.26 Å². The van der Waals surface area contributed by atoms with Gasteiger partial charge in [0.15, 0.2) is 11.6 Å². The van der Waals surface area contributed by atoms with Crippen molar-refractivity contribution in [3.8, 4) is 0 Å². The fourth-order valence-electron chi connectivity index (χ4n) is 0.580. The molecular weight excluding hydrogens is 120 g/mol. The largest absolute Gasteiger partial charge is 0.515 e. The first-order valence-corrected chi connectivity index (χ1v) is 2.37. The summed E-state index contributed by atoms with van der Waals surface area (Å²) in [7, 11) is 0. The third-order valence-corrected chi connectivity index (χ3v) is 1.05. The first-order valence-electron chi connectivity index (χ1n) is 2.37. The minimum Gasteiger partial charge on any atom is -0.515 e. The van der Waals surface area contributed by atoms with Crippen molar-refractivity contribution >= 4 is 11.6 Å². The van der Waals surface area contributed by atoms with Crippen LogP contribution in [0, 0.1) is 0 Å². The number of ketones is 2. The summed E-state index contributed by atoms with van der Waals surface area (Å²) >= 11 is 0. The van der Waals surface area contributed by atoms with Crippen LogP contribution in [-0.4, -0.2) is 16.7 Å². The topological polar surface area (TPSA) is 54.4 Å². The Morgan fingerprint density at radius 3 is 1.89 bits per heavy atom. The molecule has 46 valence electrons. The zero-order chi connectivity index (χ0) is 6.85. The molecule has 1 aliphatic carbocycles. The smallest absolute Gasteiger partial charge is 0.193 e. The summed E-state index contributed by atoms with van der Waals surface area (Å²) in [4.78, 5) is 21.0. The van der Waals surface area contributed by atoms with E-state index in [0.717, 1.165) is 12.2 Å². The van der Waals surface area contributed by atoms with Gasteiger partial charge in [-0.05, 0) is 12.2 Å². The summed E-state index contributed by atoms with van der Waals surface area (Å²) in [6.45, 7) is 0. The van der Waals surface area contributed by atoms with Crippen molar-refractivity contribution in [2.75, 3.05) is 0 Å². The van der Waals surface area contributed by atoms with Crippen molar-refractivity contribution in [1.29, 1.82) is 0 Å². The molecule has 0 amide bonds. The maximum absolute atomic E-state index is 10.5. The third kappa shape index (κ3) is 0.762. The molecule has 0 radical (unpaired) electrons. The molecule has 1 N–H and O–H groups in total. The first-order chi connectivity index (χ1) is 4.25. The number of allylic oxidation sites excluding steroid dienone is 3. The van der Waals surface area contributed by atoms with Crippen molar-refractivity contribution in [3.63, 3.8) is 0 Å². The summed E-state index contributed by atoms with van der Waals surface area (Å²) in [5.74, 6) is -0.856. The van der Waals surface area contributed by atoms with Gasteiger partial charge >= 0.3 is 0 Å². The van der Waals surface area contributed by atoms with Crippen LogP contribution in [-0.2, 0) is 9.59 Å². The normalized spacial score (nSPS) is 17.1. The number of rotatable bonds is 0. The second-order valence-electron chi connectivity index (χ2n) is 1.60. The fourth-order valence-corrected chi connectivity index (χ4v) is 0.580. The molecule has 3 nitrogen and oxygen atoms in total. The van der Waals surface area contributed by atoms with Gasteiger partial charge in [0.1, 0.15) is 5.57 Å². The number of hydrogen-bond acceptors (Lipinski definition) is 3. The van der Waals surface area contributed by atoms with E-state index < -0.39 is 11.6 Å². The van der Waals surface area contributed by atoms with Crippen molar-refractivity contribution in [1.82, 2.24) is 0 Å². The average molecular weight is 124 g/mol. The van der Waals surface area contributed by atoms with E-state index in [9.17, 15) is 9.59 Å². The number of hydrogen-bond donors (Lipinski definition) is 1. The monoisotopic (exact) mass is 124 g/mol. The van der Waals surface area contributed by atoms with Crippen molar-refractivity contribution in [3.05, 3.63) is 24.0 Å². The van der Waals surface area contributed by atoms with Crippen LogP contribution < -0.4 is 0 Å². The molecule has 0 heterocycles. The molecule has 0 saturated heterocycles. The van der Waals surface area contributed by atoms with Crippen molar-refractivity contribution in [2.45, 2.75) is 0 Å². The van der Waals surface area contributed by atoms with E-state index >= 15 is 0 Å². The van der Waals surface area contributed by atoms with Gasteiger partial charge in [0.25, 0.3) is 0 Å². The van der Waals surface area contributed by atoms with Gasteiger partial charge in [-0.1, -0.05) is 0 Å². The molecular formula is C6H4O3. The SMILES string of the molecule is O=C1C=CC(=O)C1=CO. The molecule has 9 heavy (non-hydrogen) atoms. The highest BCUT2D eigenvalue weighted by Crippen LogP contribution is 2.06. The molecule has 0 saturated carbocycles. The Balaban J connectivity index is 3.02. The number of carbonyl (C=O) groups is 2. The van der Waals surface area contributed by atoms with E-state index in [-0.39, 0.29) is 5.57 Å². The maximum atomic E-state index is 10.5. The highest BCUT2D eigenvalue weighted by atomic mass is 16.2. The van der Waals surface area contributed by atoms with Gasteiger partial charge in [0, 0.05) is 0 Å². The van der Waals surface area contributed by atoms with E-state index in [4.69, 9.17) is 5.11 Å². The zero-order valence-corrected chi connectivity index (χ0v) is 4.50. The second-order valence-corrected chi connectivity index (χ2v) is 1.60. The van der Waals surface area contributed by atoms with Crippen LogP contribution in [0.2, 0.25) is 0 Å². The molecule has 0 unspecified atom stereocenters. The maximum Gasteiger partial charge on any atom is 0.193 e. The standard InChI is InChI=1S/C6H4O3/c7-3-4-5(8)1-2-6(4)9/h1-3,7H. The van der Waals surface area contributed by atoms with Crippen LogP contribution in [0.15, 0.2) is 24.0 Å². The summed E-state index contributed by atoms with van der Waals surface area (Å²) in [5, 5.41) is 8.26. The highest BCUT2D eigenvalue weighted by Gasteiger charge is 2.19. The van der Waals surface area contributed by atoms with Gasteiger partial charge in [0.2, 0.25) is 0 Å². The van der Waals surface area contributed by atoms with E-state index in [1.54, 1.807) is 0 Å². The molecule has 1 aliphatic rings. The molecule has 0 bridgehead atoms. The Bertz CT molecular complexity index is 202. The molecule has 0 aliphatic heterocycles. The fraction of sp³-hybridized carbons (Fsp3) is 0. The van der Waals surface area contributed by atoms with Gasteiger partial charge in [0.05, 0.1) is 6.26 Å². The zero-order valence-electron chi connectivity index (χ0n) is 4.50. The molecule has 3 heteroatoms. The highest BCUT2D eigenvalue weighted by molar-refractivity contribution is 6.33. The predicted molar refractivity (Wildman–Crippen MR) is 29.9 cm³/mol. The Hall–Kier alpha value is -1.38. The van der Waals surface area contributed by atoms with Crippen LogP contribution in [0.3, 0.4) is 0 Å². The Kier molecular flexibility index (Phi) is 1.18. The minimum absolute atomic E-state index is 0.157. The van der Waals surface area contributed by atoms with E-state index in [2.05, 4.69) is 0 Å². The summed E-state index contributed by atoms with van der Waals surface area (Å²) in [6, 6.07) is 0. The van der Waals surface area contributed by atoms with Crippen LogP contribution in [0.1, 0.15) is 0 Å². The lowest BCUT2D eigenvalue weighted by molar-refractivity contribution is -0.115. The van der Waals surface area contributed by atoms with Gasteiger partial charge in [-0.3, -0.25) is 9.59 Å². The summed E-state index contributed by atoms with van der Waals surface area (Å²) in [6.07, 6.45) is 2.79.